The summed E-state index contributed by atoms with van der Waals surface area (Å²) in [7, 11) is -2.30. The largest absolute Gasteiger partial charge is 0.487 e. The molecule has 198 valence electrons. The lowest BCUT2D eigenvalue weighted by atomic mass is 10.0. The second kappa shape index (κ2) is 11.7. The van der Waals surface area contributed by atoms with Gasteiger partial charge in [-0.15, -0.1) is 0 Å². The smallest absolute Gasteiger partial charge is 0.253 e. The number of aliphatic hydroxyl groups is 1. The van der Waals surface area contributed by atoms with E-state index in [1.165, 1.54) is 10.4 Å². The quantitative estimate of drug-likeness (QED) is 0.500. The van der Waals surface area contributed by atoms with E-state index in [9.17, 15) is 18.3 Å². The molecule has 3 heterocycles. The summed E-state index contributed by atoms with van der Waals surface area (Å²) in [5, 5.41) is 9.83. The summed E-state index contributed by atoms with van der Waals surface area (Å²) in [5.41, 5.74) is 1.84. The molecule has 0 radical (unpaired) electrons. The molecule has 2 aromatic heterocycles. The topological polar surface area (TPSA) is 113 Å². The molecule has 0 unspecified atom stereocenters. The number of amides is 1. The van der Waals surface area contributed by atoms with Crippen molar-refractivity contribution in [2.24, 2.45) is 5.92 Å². The maximum atomic E-state index is 13.7. The normalized spacial score (nSPS) is 19.5. The average Bonchev–Trinajstić information content (AvgIpc) is 2.93. The van der Waals surface area contributed by atoms with E-state index in [-0.39, 0.29) is 42.2 Å². The van der Waals surface area contributed by atoms with E-state index in [0.29, 0.717) is 11.1 Å². The Balaban J connectivity index is 1.72. The Bertz CT molecular complexity index is 1440. The molecule has 38 heavy (non-hydrogen) atoms. The van der Waals surface area contributed by atoms with Crippen molar-refractivity contribution in [1.29, 1.82) is 0 Å². The lowest BCUT2D eigenvalue weighted by Crippen LogP contribution is -2.50. The molecular weight excluding hydrogens is 504 g/mol. The minimum Gasteiger partial charge on any atom is -0.487 e. The summed E-state index contributed by atoms with van der Waals surface area (Å²) >= 11 is 0. The van der Waals surface area contributed by atoms with Crippen LogP contribution in [-0.4, -0.2) is 77.5 Å². The number of pyridine rings is 2. The lowest BCUT2D eigenvalue weighted by molar-refractivity contribution is 0.0563. The number of hydrogen-bond donors (Lipinski definition) is 1. The fourth-order valence-corrected chi connectivity index (χ4v) is 5.99. The maximum Gasteiger partial charge on any atom is 0.253 e. The van der Waals surface area contributed by atoms with Gasteiger partial charge in [0.25, 0.3) is 5.91 Å². The van der Waals surface area contributed by atoms with Crippen molar-refractivity contribution in [3.05, 3.63) is 83.9 Å². The third kappa shape index (κ3) is 6.02. The first-order chi connectivity index (χ1) is 18.2. The number of likely N-dealkylation sites (N-methyl/N-ethyl adjacent to an activating group) is 1. The number of ether oxygens (including phenoxy) is 1. The fourth-order valence-electron chi connectivity index (χ4n) is 4.17. The van der Waals surface area contributed by atoms with Crippen molar-refractivity contribution in [3.8, 4) is 17.6 Å². The number of nitrogens with zero attached hydrogens (tertiary/aromatic N) is 4. The molecule has 1 aliphatic heterocycles. The minimum atomic E-state index is -3.98. The second-order valence-electron chi connectivity index (χ2n) is 9.31. The van der Waals surface area contributed by atoms with Gasteiger partial charge in [0.1, 0.15) is 16.7 Å². The fraction of sp³-hybridized carbons (Fsp3) is 0.321. The van der Waals surface area contributed by atoms with Gasteiger partial charge in [0.15, 0.2) is 0 Å². The van der Waals surface area contributed by atoms with Gasteiger partial charge in [-0.05, 0) is 49.4 Å². The molecule has 0 saturated carbocycles. The van der Waals surface area contributed by atoms with Crippen molar-refractivity contribution in [1.82, 2.24) is 19.2 Å². The molecule has 0 fully saturated rings. The molecule has 0 aliphatic carbocycles. The lowest BCUT2D eigenvalue weighted by Gasteiger charge is -2.37. The number of hydrogen-bond acceptors (Lipinski definition) is 7. The highest BCUT2D eigenvalue weighted by Gasteiger charge is 2.38. The third-order valence-electron chi connectivity index (χ3n) is 6.43. The Morgan fingerprint density at radius 3 is 2.39 bits per heavy atom. The first-order valence-electron chi connectivity index (χ1n) is 12.2. The molecular formula is C28H30N4O5S. The van der Waals surface area contributed by atoms with Crippen LogP contribution in [0.1, 0.15) is 35.3 Å². The Morgan fingerprint density at radius 1 is 1.11 bits per heavy atom. The monoisotopic (exact) mass is 534 g/mol. The van der Waals surface area contributed by atoms with Gasteiger partial charge in [-0.2, -0.15) is 4.31 Å². The molecule has 1 N–H and O–H groups in total. The van der Waals surface area contributed by atoms with E-state index < -0.39 is 22.2 Å². The summed E-state index contributed by atoms with van der Waals surface area (Å²) in [6.07, 6.45) is 5.87. The molecule has 0 saturated heterocycles. The summed E-state index contributed by atoms with van der Waals surface area (Å²) in [5.74, 6) is 5.75. The van der Waals surface area contributed by atoms with Gasteiger partial charge in [0.2, 0.25) is 10.0 Å². The van der Waals surface area contributed by atoms with Gasteiger partial charge in [-0.25, -0.2) is 8.42 Å². The van der Waals surface area contributed by atoms with Crippen LogP contribution < -0.4 is 4.74 Å². The molecule has 4 rings (SSSR count). The molecule has 1 aliphatic rings. The molecule has 9 nitrogen and oxygen atoms in total. The molecule has 10 heteroatoms. The van der Waals surface area contributed by atoms with Crippen LogP contribution in [0.15, 0.2) is 72.1 Å². The average molecular weight is 535 g/mol. The summed E-state index contributed by atoms with van der Waals surface area (Å²) in [4.78, 5) is 22.5. The zero-order valence-corrected chi connectivity index (χ0v) is 22.3. The van der Waals surface area contributed by atoms with E-state index in [0.717, 1.165) is 5.56 Å². The Kier molecular flexibility index (Phi) is 8.42. The van der Waals surface area contributed by atoms with E-state index in [4.69, 9.17) is 4.74 Å². The number of carbonyl (C=O) groups excluding carboxylic acids is 1. The van der Waals surface area contributed by atoms with E-state index in [1.54, 1.807) is 80.1 Å². The number of aliphatic hydroxyl groups excluding tert-OH is 1. The molecule has 1 aromatic carbocycles. The second-order valence-corrected chi connectivity index (χ2v) is 11.2. The predicted octanol–water partition coefficient (Wildman–Crippen LogP) is 2.42. The highest BCUT2D eigenvalue weighted by molar-refractivity contribution is 7.89. The first-order valence-corrected chi connectivity index (χ1v) is 13.7. The van der Waals surface area contributed by atoms with Crippen molar-refractivity contribution >= 4 is 15.9 Å². The van der Waals surface area contributed by atoms with Gasteiger partial charge in [0, 0.05) is 67.0 Å². The van der Waals surface area contributed by atoms with Crippen LogP contribution in [0.4, 0.5) is 0 Å². The number of aromatic nitrogens is 2. The SMILES string of the molecule is C[C@H]1CN([C@@H](C)CO)S(=O)(=O)c2ccc(C#Cc3ccncc3)cc2O[C@H]1CN(C)C(=O)c1ccncc1. The van der Waals surface area contributed by atoms with Crippen LogP contribution in [0.2, 0.25) is 0 Å². The zero-order chi connectivity index (χ0) is 27.3. The maximum absolute atomic E-state index is 13.7. The Hall–Kier alpha value is -3.78. The highest BCUT2D eigenvalue weighted by atomic mass is 32.2. The summed E-state index contributed by atoms with van der Waals surface area (Å²) in [6, 6.07) is 10.9. The van der Waals surface area contributed by atoms with E-state index >= 15 is 0 Å². The van der Waals surface area contributed by atoms with Gasteiger partial charge in [-0.1, -0.05) is 18.8 Å². The van der Waals surface area contributed by atoms with Crippen molar-refractivity contribution in [2.45, 2.75) is 30.9 Å². The zero-order valence-electron chi connectivity index (χ0n) is 21.5. The van der Waals surface area contributed by atoms with Crippen LogP contribution in [0.5, 0.6) is 5.75 Å². The van der Waals surface area contributed by atoms with Crippen LogP contribution in [0.3, 0.4) is 0 Å². The van der Waals surface area contributed by atoms with Crippen molar-refractivity contribution < 1.29 is 23.1 Å². The summed E-state index contributed by atoms with van der Waals surface area (Å²) in [6.45, 7) is 3.54. The number of carbonyl (C=O) groups is 1. The van der Waals surface area contributed by atoms with Gasteiger partial charge in [0.05, 0.1) is 13.2 Å². The van der Waals surface area contributed by atoms with E-state index in [1.807, 2.05) is 6.92 Å². The molecule has 0 spiro atoms. The number of fused-ring (bicyclic) bond motifs is 1. The van der Waals surface area contributed by atoms with E-state index in [2.05, 4.69) is 21.8 Å². The molecule has 3 aromatic rings. The predicted molar refractivity (Wildman–Crippen MR) is 142 cm³/mol. The number of rotatable bonds is 5. The molecule has 3 atom stereocenters. The van der Waals surface area contributed by atoms with Crippen molar-refractivity contribution in [3.63, 3.8) is 0 Å². The van der Waals surface area contributed by atoms with Crippen LogP contribution in [0, 0.1) is 17.8 Å². The van der Waals surface area contributed by atoms with Crippen LogP contribution in [0.25, 0.3) is 0 Å². The minimum absolute atomic E-state index is 0.00715. The highest BCUT2D eigenvalue weighted by Crippen LogP contribution is 2.34. The number of sulfonamides is 1. The number of benzene rings is 1. The van der Waals surface area contributed by atoms with Gasteiger partial charge in [-0.3, -0.25) is 14.8 Å². The summed E-state index contributed by atoms with van der Waals surface area (Å²) < 4.78 is 35.0. The molecule has 0 bridgehead atoms. The Labute approximate surface area is 223 Å². The van der Waals surface area contributed by atoms with Gasteiger partial charge < -0.3 is 14.7 Å². The first kappa shape index (κ1) is 27.3. The Morgan fingerprint density at radius 2 is 1.74 bits per heavy atom. The van der Waals surface area contributed by atoms with Crippen molar-refractivity contribution in [2.75, 3.05) is 26.7 Å². The van der Waals surface area contributed by atoms with Crippen LogP contribution in [-0.2, 0) is 10.0 Å². The van der Waals surface area contributed by atoms with Crippen LogP contribution >= 0.6 is 0 Å². The molecule has 1 amide bonds. The third-order valence-corrected chi connectivity index (χ3v) is 8.45. The van der Waals surface area contributed by atoms with Gasteiger partial charge >= 0.3 is 0 Å². The standard InChI is InChI=1S/C28H30N4O5S/c1-20-17-32(21(2)19-33)38(35,36)27-7-6-23(5-4-22-8-12-29-13-9-22)16-25(27)37-26(20)18-31(3)28(34)24-10-14-30-15-11-24/h6-16,20-21,26,33H,17-19H2,1-3H3/t20-,21-,26-/m0/s1.